The van der Waals surface area contributed by atoms with Gasteiger partial charge in [0.15, 0.2) is 0 Å². The fourth-order valence-corrected chi connectivity index (χ4v) is 2.80. The Kier molecular flexibility index (Phi) is 3.79. The third kappa shape index (κ3) is 2.71. The quantitative estimate of drug-likeness (QED) is 0.763. The Morgan fingerprint density at radius 2 is 2.19 bits per heavy atom. The van der Waals surface area contributed by atoms with Gasteiger partial charge in [-0.05, 0) is 34.0 Å². The number of H-pyrrole nitrogens is 1. The molecule has 1 aromatic carbocycles. The molecular weight excluding hydrogens is 332 g/mol. The van der Waals surface area contributed by atoms with Crippen molar-refractivity contribution >= 4 is 32.5 Å². The van der Waals surface area contributed by atoms with E-state index in [4.69, 9.17) is 0 Å². The van der Waals surface area contributed by atoms with Crippen LogP contribution in [-0.4, -0.2) is 21.3 Å². The van der Waals surface area contributed by atoms with Crippen LogP contribution in [0.1, 0.15) is 5.56 Å². The normalized spacial score (nSPS) is 11.0. The fourth-order valence-electron chi connectivity index (χ4n) is 2.30. The summed E-state index contributed by atoms with van der Waals surface area (Å²) in [5, 5.41) is 8.49. The summed E-state index contributed by atoms with van der Waals surface area (Å²) >= 11 is 3.31. The maximum atomic E-state index is 11.8. The van der Waals surface area contributed by atoms with Crippen LogP contribution < -0.4 is 10.9 Å². The molecule has 108 valence electrons. The van der Waals surface area contributed by atoms with Gasteiger partial charge in [0.2, 0.25) is 0 Å². The average molecular weight is 347 g/mol. The van der Waals surface area contributed by atoms with Crippen molar-refractivity contribution in [1.29, 1.82) is 0 Å². The number of rotatable bonds is 4. The summed E-state index contributed by atoms with van der Waals surface area (Å²) in [6.07, 6.45) is 4.55. The molecule has 0 spiro atoms. The largest absolute Gasteiger partial charge is 0.382 e. The van der Waals surface area contributed by atoms with Crippen molar-refractivity contribution in [2.45, 2.75) is 6.42 Å². The van der Waals surface area contributed by atoms with E-state index in [1.165, 1.54) is 15.6 Å². The number of nitrogens with one attached hydrogen (secondary N) is 2. The summed E-state index contributed by atoms with van der Waals surface area (Å²) in [6, 6.07) is 8.22. The van der Waals surface area contributed by atoms with Crippen LogP contribution in [-0.2, 0) is 13.5 Å². The van der Waals surface area contributed by atoms with Gasteiger partial charge in [0, 0.05) is 30.7 Å². The number of aromatic nitrogens is 3. The van der Waals surface area contributed by atoms with Gasteiger partial charge in [0.1, 0.15) is 4.47 Å². The number of fused-ring (bicyclic) bond motifs is 1. The van der Waals surface area contributed by atoms with Gasteiger partial charge >= 0.3 is 0 Å². The zero-order valence-electron chi connectivity index (χ0n) is 11.6. The minimum absolute atomic E-state index is 0.146. The molecule has 0 amide bonds. The maximum Gasteiger partial charge on any atom is 0.282 e. The van der Waals surface area contributed by atoms with E-state index in [-0.39, 0.29) is 5.56 Å². The van der Waals surface area contributed by atoms with Gasteiger partial charge in [-0.3, -0.25) is 4.79 Å². The first-order chi connectivity index (χ1) is 10.2. The molecule has 0 atom stereocenters. The Balaban J connectivity index is 1.72. The number of hydrogen-bond donors (Lipinski definition) is 2. The molecule has 2 heterocycles. The van der Waals surface area contributed by atoms with Gasteiger partial charge in [-0.25, -0.2) is 4.68 Å². The number of aromatic amines is 1. The Morgan fingerprint density at radius 3 is 3.05 bits per heavy atom. The molecule has 2 N–H and O–H groups in total. The highest BCUT2D eigenvalue weighted by atomic mass is 79.9. The van der Waals surface area contributed by atoms with E-state index in [9.17, 15) is 4.79 Å². The predicted octanol–water partition coefficient (Wildman–Crippen LogP) is 2.68. The SMILES string of the molecule is Cn1ncc(NCCc2c[nH]c3ccccc23)c(Br)c1=O. The van der Waals surface area contributed by atoms with Gasteiger partial charge in [-0.1, -0.05) is 18.2 Å². The smallest absolute Gasteiger partial charge is 0.282 e. The van der Waals surface area contributed by atoms with Gasteiger partial charge in [0.25, 0.3) is 5.56 Å². The summed E-state index contributed by atoms with van der Waals surface area (Å²) in [5.74, 6) is 0. The molecule has 21 heavy (non-hydrogen) atoms. The molecule has 0 saturated carbocycles. The van der Waals surface area contributed by atoms with Gasteiger partial charge in [-0.15, -0.1) is 0 Å². The molecule has 0 bridgehead atoms. The number of nitrogens with zero attached hydrogens (tertiary/aromatic N) is 2. The van der Waals surface area contributed by atoms with E-state index in [0.29, 0.717) is 4.47 Å². The molecule has 0 aliphatic carbocycles. The van der Waals surface area contributed by atoms with E-state index in [1.54, 1.807) is 13.2 Å². The van der Waals surface area contributed by atoms with Crippen LogP contribution in [0.15, 0.2) is 45.9 Å². The molecular formula is C15H15BrN4O. The lowest BCUT2D eigenvalue weighted by atomic mass is 10.1. The monoisotopic (exact) mass is 346 g/mol. The zero-order valence-corrected chi connectivity index (χ0v) is 13.1. The van der Waals surface area contributed by atoms with Crippen molar-refractivity contribution in [3.63, 3.8) is 0 Å². The standard InChI is InChI=1S/C15H15BrN4O/c1-20-15(21)14(16)13(9-19-20)17-7-6-10-8-18-12-5-3-2-4-11(10)12/h2-5,8-9,17-18H,6-7H2,1H3. The second-order valence-electron chi connectivity index (χ2n) is 4.84. The van der Waals surface area contributed by atoms with Crippen molar-refractivity contribution in [2.24, 2.45) is 7.05 Å². The highest BCUT2D eigenvalue weighted by Crippen LogP contribution is 2.19. The summed E-state index contributed by atoms with van der Waals surface area (Å²) < 4.78 is 1.81. The predicted molar refractivity (Wildman–Crippen MR) is 87.7 cm³/mol. The summed E-state index contributed by atoms with van der Waals surface area (Å²) in [4.78, 5) is 15.0. The second kappa shape index (κ2) is 5.73. The number of para-hydroxylation sites is 1. The fraction of sp³-hybridized carbons (Fsp3) is 0.200. The van der Waals surface area contributed by atoms with Gasteiger partial charge in [-0.2, -0.15) is 5.10 Å². The number of anilines is 1. The highest BCUT2D eigenvalue weighted by molar-refractivity contribution is 9.10. The van der Waals surface area contributed by atoms with Crippen molar-refractivity contribution in [1.82, 2.24) is 14.8 Å². The van der Waals surface area contributed by atoms with Gasteiger partial charge in [0.05, 0.1) is 11.9 Å². The number of halogens is 1. The number of benzene rings is 1. The molecule has 2 aromatic heterocycles. The molecule has 0 aliphatic heterocycles. The maximum absolute atomic E-state index is 11.8. The summed E-state index contributed by atoms with van der Waals surface area (Å²) in [5.41, 5.74) is 2.97. The van der Waals surface area contributed by atoms with Crippen molar-refractivity contribution in [3.05, 3.63) is 57.0 Å². The van der Waals surface area contributed by atoms with Crippen LogP contribution in [0, 0.1) is 0 Å². The Labute approximate surface area is 130 Å². The van der Waals surface area contributed by atoms with E-state index in [1.807, 2.05) is 18.3 Å². The van der Waals surface area contributed by atoms with Crippen molar-refractivity contribution in [3.8, 4) is 0 Å². The third-order valence-electron chi connectivity index (χ3n) is 3.46. The molecule has 0 unspecified atom stereocenters. The number of hydrogen-bond acceptors (Lipinski definition) is 3. The van der Waals surface area contributed by atoms with Crippen LogP contribution in [0.3, 0.4) is 0 Å². The minimum Gasteiger partial charge on any atom is -0.382 e. The molecule has 0 aliphatic rings. The topological polar surface area (TPSA) is 62.7 Å². The Morgan fingerprint density at radius 1 is 1.38 bits per heavy atom. The molecule has 3 rings (SSSR count). The van der Waals surface area contributed by atoms with E-state index >= 15 is 0 Å². The molecule has 0 fully saturated rings. The summed E-state index contributed by atoms with van der Waals surface area (Å²) in [6.45, 7) is 0.731. The van der Waals surface area contributed by atoms with Crippen LogP contribution in [0.5, 0.6) is 0 Å². The first-order valence-electron chi connectivity index (χ1n) is 6.67. The van der Waals surface area contributed by atoms with Crippen LogP contribution in [0.25, 0.3) is 10.9 Å². The summed E-state index contributed by atoms with van der Waals surface area (Å²) in [7, 11) is 1.63. The van der Waals surface area contributed by atoms with Crippen molar-refractivity contribution < 1.29 is 0 Å². The first-order valence-corrected chi connectivity index (χ1v) is 7.47. The van der Waals surface area contributed by atoms with E-state index in [0.717, 1.165) is 24.2 Å². The molecule has 0 saturated heterocycles. The molecule has 3 aromatic rings. The first kappa shape index (κ1) is 13.9. The lowest BCUT2D eigenvalue weighted by molar-refractivity contribution is 0.703. The molecule has 6 heteroatoms. The Bertz CT molecular complexity index is 837. The van der Waals surface area contributed by atoms with E-state index in [2.05, 4.69) is 43.5 Å². The van der Waals surface area contributed by atoms with Crippen LogP contribution in [0.4, 0.5) is 5.69 Å². The minimum atomic E-state index is -0.146. The molecule has 5 nitrogen and oxygen atoms in total. The third-order valence-corrected chi connectivity index (χ3v) is 4.23. The lowest BCUT2D eigenvalue weighted by Crippen LogP contribution is -2.21. The van der Waals surface area contributed by atoms with Crippen LogP contribution >= 0.6 is 15.9 Å². The van der Waals surface area contributed by atoms with Crippen molar-refractivity contribution in [2.75, 3.05) is 11.9 Å². The zero-order chi connectivity index (χ0) is 14.8. The Hall–Kier alpha value is -2.08. The average Bonchev–Trinajstić information content (AvgIpc) is 2.91. The number of aryl methyl sites for hydroxylation is 1. The molecule has 0 radical (unpaired) electrons. The van der Waals surface area contributed by atoms with Crippen LogP contribution in [0.2, 0.25) is 0 Å². The lowest BCUT2D eigenvalue weighted by Gasteiger charge is -2.08. The van der Waals surface area contributed by atoms with E-state index < -0.39 is 0 Å². The highest BCUT2D eigenvalue weighted by Gasteiger charge is 2.07. The second-order valence-corrected chi connectivity index (χ2v) is 5.63. The van der Waals surface area contributed by atoms with Gasteiger partial charge < -0.3 is 10.3 Å².